The van der Waals surface area contributed by atoms with Crippen LogP contribution in [-0.2, 0) is 60.5 Å². The molecule has 0 aliphatic rings. The van der Waals surface area contributed by atoms with Crippen LogP contribution in [0.3, 0.4) is 0 Å². The summed E-state index contributed by atoms with van der Waals surface area (Å²) in [5.41, 5.74) is 5.79. The van der Waals surface area contributed by atoms with Crippen molar-refractivity contribution in [3.05, 3.63) is 157 Å². The Kier molecular flexibility index (Phi) is 17.9. The fourth-order valence-corrected chi connectivity index (χ4v) is 6.21. The van der Waals surface area contributed by atoms with E-state index in [0.29, 0.717) is 17.1 Å². The van der Waals surface area contributed by atoms with E-state index in [9.17, 15) is 33.6 Å². The Hall–Kier alpha value is -8.25. The molecule has 0 spiro atoms. The number of aryl methyl sites for hydroxylation is 2. The van der Waals surface area contributed by atoms with Crippen molar-refractivity contribution in [2.45, 2.75) is 31.8 Å². The lowest BCUT2D eigenvalue weighted by Gasteiger charge is -2.16. The summed E-state index contributed by atoms with van der Waals surface area (Å²) in [6.07, 6.45) is 3.65. The van der Waals surface area contributed by atoms with E-state index in [4.69, 9.17) is 28.4 Å². The first-order valence-electron chi connectivity index (χ1n) is 19.6. The molecule has 1 heterocycles. The molecule has 334 valence electrons. The highest BCUT2D eigenvalue weighted by Gasteiger charge is 2.19. The Morgan fingerprint density at radius 2 is 1.25 bits per heavy atom. The summed E-state index contributed by atoms with van der Waals surface area (Å²) in [4.78, 5) is 89.6. The predicted molar refractivity (Wildman–Crippen MR) is 236 cm³/mol. The van der Waals surface area contributed by atoms with Crippen molar-refractivity contribution < 1.29 is 66.7 Å². The van der Waals surface area contributed by atoms with Crippen LogP contribution in [-0.4, -0.2) is 79.1 Å². The molecule has 0 fully saturated rings. The van der Waals surface area contributed by atoms with E-state index in [-0.39, 0.29) is 60.7 Å². The average molecular weight is 904 g/mol. The van der Waals surface area contributed by atoms with Gasteiger partial charge >= 0.3 is 41.8 Å². The number of nitrogens with zero attached hydrogens (tertiary/aromatic N) is 2. The molecule has 1 unspecified atom stereocenters. The number of hydrogen-bond donors (Lipinski definition) is 1. The maximum Gasteiger partial charge on any atom is 0.343 e. The first-order chi connectivity index (χ1) is 31.4. The van der Waals surface area contributed by atoms with Crippen molar-refractivity contribution in [3.8, 4) is 11.5 Å². The number of anilines is 1. The third-order valence-electron chi connectivity index (χ3n) is 8.71. The standard InChI is InChI=1S/C47H41N3O14S/c1-4-40(51)58-27-36(62-42(53)6-3)28-59-43(54)23-15-30-13-19-33(20-14-30)46(57)64-38-22-21-35(25-34(38)26-48-50-47-49-37-9-7-8-10-39(37)65-47)63-45(56)32-17-11-31(12-18-32)16-24-44(55)61-29-60-41(52)5-2/h4-14,17-22,25-26,36H,1-3,15-16,23-24,27-29H2,(H,49,50)/b48-26+. The van der Waals surface area contributed by atoms with E-state index >= 15 is 0 Å². The Balaban J connectivity index is 1.20. The quantitative estimate of drug-likeness (QED) is 0.0138. The number of carbonyl (C=O) groups is 7. The lowest BCUT2D eigenvalue weighted by atomic mass is 10.1. The lowest BCUT2D eigenvalue weighted by Crippen LogP contribution is -2.30. The second-order valence-corrected chi connectivity index (χ2v) is 14.3. The minimum Gasteiger partial charge on any atom is -0.462 e. The van der Waals surface area contributed by atoms with Gasteiger partial charge in [0.05, 0.1) is 27.6 Å². The molecule has 17 nitrogen and oxygen atoms in total. The fraction of sp³-hybridized carbons (Fsp3) is 0.170. The maximum absolute atomic E-state index is 13.4. The van der Waals surface area contributed by atoms with Gasteiger partial charge in [0, 0.05) is 36.6 Å². The topological polar surface area (TPSA) is 221 Å². The minimum absolute atomic E-state index is 0.00961. The molecule has 5 rings (SSSR count). The van der Waals surface area contributed by atoms with Crippen LogP contribution in [0, 0.1) is 0 Å². The highest BCUT2D eigenvalue weighted by molar-refractivity contribution is 7.22. The molecule has 0 amide bonds. The third kappa shape index (κ3) is 15.6. The second-order valence-electron chi connectivity index (χ2n) is 13.3. The molecular weight excluding hydrogens is 863 g/mol. The lowest BCUT2D eigenvalue weighted by molar-refractivity contribution is -0.164. The van der Waals surface area contributed by atoms with Crippen LogP contribution in [0.2, 0.25) is 0 Å². The molecule has 0 radical (unpaired) electrons. The number of hydrogen-bond acceptors (Lipinski definition) is 18. The van der Waals surface area contributed by atoms with Crippen molar-refractivity contribution in [2.24, 2.45) is 5.10 Å². The molecule has 0 aliphatic heterocycles. The summed E-state index contributed by atoms with van der Waals surface area (Å²) in [5, 5.41) is 4.80. The summed E-state index contributed by atoms with van der Waals surface area (Å²) in [6.45, 7) is 8.62. The SMILES string of the molecule is C=CC(=O)OCOC(=O)CCc1ccc(C(=O)Oc2ccc(OC(=O)c3ccc(CCC(=O)OCC(COC(=O)C=C)OC(=O)C=C)cc3)c(/C=N/Nc3nc4ccccc4s3)c2)cc1. The van der Waals surface area contributed by atoms with Crippen molar-refractivity contribution in [1.29, 1.82) is 0 Å². The number of ether oxygens (including phenoxy) is 7. The zero-order chi connectivity index (χ0) is 46.6. The summed E-state index contributed by atoms with van der Waals surface area (Å²) < 4.78 is 37.0. The number of benzene rings is 4. The number of fused-ring (bicyclic) bond motifs is 1. The number of esters is 7. The van der Waals surface area contributed by atoms with Gasteiger partial charge in [0.2, 0.25) is 11.9 Å². The molecule has 5 aromatic rings. The molecule has 0 bridgehead atoms. The highest BCUT2D eigenvalue weighted by atomic mass is 32.1. The Morgan fingerprint density at radius 3 is 1.88 bits per heavy atom. The number of thiazole rings is 1. The van der Waals surface area contributed by atoms with Crippen LogP contribution in [0.1, 0.15) is 50.2 Å². The zero-order valence-corrected chi connectivity index (χ0v) is 35.5. The second kappa shape index (κ2) is 24.4. The van der Waals surface area contributed by atoms with Crippen molar-refractivity contribution in [3.63, 3.8) is 0 Å². The van der Waals surface area contributed by atoms with Gasteiger partial charge in [-0.25, -0.2) is 29.0 Å². The molecule has 1 aromatic heterocycles. The van der Waals surface area contributed by atoms with E-state index < -0.39 is 54.7 Å². The molecule has 0 saturated carbocycles. The Labute approximate surface area is 375 Å². The number of carbonyl (C=O) groups excluding carboxylic acids is 7. The molecule has 0 aliphatic carbocycles. The molecule has 1 atom stereocenters. The number of hydrazone groups is 1. The fourth-order valence-electron chi connectivity index (χ4n) is 5.40. The number of rotatable bonds is 23. The maximum atomic E-state index is 13.4. The molecule has 1 N–H and O–H groups in total. The smallest absolute Gasteiger partial charge is 0.343 e. The van der Waals surface area contributed by atoms with E-state index in [1.54, 1.807) is 36.4 Å². The zero-order valence-electron chi connectivity index (χ0n) is 34.6. The van der Waals surface area contributed by atoms with Gasteiger partial charge in [-0.2, -0.15) is 5.10 Å². The third-order valence-corrected chi connectivity index (χ3v) is 9.65. The molecule has 4 aromatic carbocycles. The van der Waals surface area contributed by atoms with Crippen LogP contribution >= 0.6 is 11.3 Å². The van der Waals surface area contributed by atoms with Gasteiger partial charge in [-0.3, -0.25) is 15.0 Å². The van der Waals surface area contributed by atoms with E-state index in [1.165, 1.54) is 47.9 Å². The van der Waals surface area contributed by atoms with Crippen LogP contribution in [0.4, 0.5) is 5.13 Å². The van der Waals surface area contributed by atoms with Crippen molar-refractivity contribution in [2.75, 3.05) is 25.4 Å². The monoisotopic (exact) mass is 903 g/mol. The van der Waals surface area contributed by atoms with E-state index in [0.717, 1.165) is 34.0 Å². The van der Waals surface area contributed by atoms with Gasteiger partial charge in [-0.1, -0.05) is 67.5 Å². The van der Waals surface area contributed by atoms with Crippen LogP contribution in [0.5, 0.6) is 11.5 Å². The Bertz CT molecular complexity index is 2550. The number of aromatic nitrogens is 1. The average Bonchev–Trinajstić information content (AvgIpc) is 3.74. The molecular formula is C47H41N3O14S. The van der Waals surface area contributed by atoms with Gasteiger partial charge < -0.3 is 33.2 Å². The van der Waals surface area contributed by atoms with Gasteiger partial charge in [0.15, 0.2) is 6.10 Å². The van der Waals surface area contributed by atoms with E-state index in [1.807, 2.05) is 24.3 Å². The molecule has 0 saturated heterocycles. The van der Waals surface area contributed by atoms with Gasteiger partial charge in [-0.15, -0.1) is 0 Å². The van der Waals surface area contributed by atoms with Crippen LogP contribution < -0.4 is 14.9 Å². The molecule has 18 heteroatoms. The summed E-state index contributed by atoms with van der Waals surface area (Å²) in [6, 6.07) is 24.7. The Morgan fingerprint density at radius 1 is 0.662 bits per heavy atom. The first kappa shape index (κ1) is 47.8. The minimum atomic E-state index is -1.06. The van der Waals surface area contributed by atoms with Gasteiger partial charge in [0.25, 0.3) is 0 Å². The normalized spacial score (nSPS) is 11.1. The van der Waals surface area contributed by atoms with Crippen molar-refractivity contribution >= 4 is 74.7 Å². The number of para-hydroxylation sites is 1. The van der Waals surface area contributed by atoms with Crippen LogP contribution in [0.25, 0.3) is 10.2 Å². The summed E-state index contributed by atoms with van der Waals surface area (Å²) in [7, 11) is 0. The van der Waals surface area contributed by atoms with Gasteiger partial charge in [0.1, 0.15) is 24.7 Å². The highest BCUT2D eigenvalue weighted by Crippen LogP contribution is 2.27. The van der Waals surface area contributed by atoms with E-state index in [2.05, 4.69) is 40.0 Å². The first-order valence-corrected chi connectivity index (χ1v) is 20.4. The summed E-state index contributed by atoms with van der Waals surface area (Å²) in [5.74, 6) is -4.61. The molecule has 65 heavy (non-hydrogen) atoms. The predicted octanol–water partition coefficient (Wildman–Crippen LogP) is 6.65. The summed E-state index contributed by atoms with van der Waals surface area (Å²) >= 11 is 1.38. The van der Waals surface area contributed by atoms with Crippen LogP contribution in [0.15, 0.2) is 134 Å². The van der Waals surface area contributed by atoms with Crippen molar-refractivity contribution in [1.82, 2.24) is 4.98 Å². The largest absolute Gasteiger partial charge is 0.462 e. The van der Waals surface area contributed by atoms with Gasteiger partial charge in [-0.05, 0) is 78.6 Å². The number of nitrogens with one attached hydrogen (secondary N) is 1.